The van der Waals surface area contributed by atoms with E-state index >= 15 is 0 Å². The average Bonchev–Trinajstić information content (AvgIpc) is 3.13. The lowest BCUT2D eigenvalue weighted by molar-refractivity contribution is -0.139. The van der Waals surface area contributed by atoms with Gasteiger partial charge in [0.2, 0.25) is 10.0 Å². The molecule has 2 N–H and O–H groups in total. The van der Waals surface area contributed by atoms with Gasteiger partial charge in [0.25, 0.3) is 0 Å². The molecule has 0 bridgehead atoms. The van der Waals surface area contributed by atoms with Crippen molar-refractivity contribution >= 4 is 31.9 Å². The van der Waals surface area contributed by atoms with Gasteiger partial charge in [0.15, 0.2) is 0 Å². The van der Waals surface area contributed by atoms with Crippen LogP contribution in [0.4, 0.5) is 0 Å². The van der Waals surface area contributed by atoms with Crippen LogP contribution in [0.2, 0.25) is 0 Å². The first-order valence-corrected chi connectivity index (χ1v) is 8.10. The van der Waals surface area contributed by atoms with Crippen LogP contribution >= 0.6 is 15.9 Å². The number of hydrogen-bond acceptors (Lipinski definition) is 3. The molecule has 0 aromatic heterocycles. The molecule has 1 aromatic rings. The highest BCUT2D eigenvalue weighted by Gasteiger charge is 2.39. The van der Waals surface area contributed by atoms with Gasteiger partial charge in [-0.1, -0.05) is 22.0 Å². The van der Waals surface area contributed by atoms with Gasteiger partial charge >= 0.3 is 5.97 Å². The SMILES string of the molecule is Cc1ccc(Br)cc1S(=O)(=O)NC(C(=O)O)C1CC1. The van der Waals surface area contributed by atoms with Gasteiger partial charge in [-0.3, -0.25) is 4.79 Å². The number of aryl methyl sites for hydroxylation is 1. The summed E-state index contributed by atoms with van der Waals surface area (Å²) in [4.78, 5) is 11.2. The Morgan fingerprint density at radius 1 is 1.47 bits per heavy atom. The molecule has 1 fully saturated rings. The number of aliphatic carboxylic acids is 1. The smallest absolute Gasteiger partial charge is 0.322 e. The van der Waals surface area contributed by atoms with Gasteiger partial charge in [-0.15, -0.1) is 0 Å². The number of halogens is 1. The average molecular weight is 348 g/mol. The Kier molecular flexibility index (Phi) is 3.98. The number of carboxylic acid groups (broad SMARTS) is 1. The third kappa shape index (κ3) is 3.34. The van der Waals surface area contributed by atoms with E-state index in [-0.39, 0.29) is 10.8 Å². The van der Waals surface area contributed by atoms with Crippen molar-refractivity contribution < 1.29 is 18.3 Å². The van der Waals surface area contributed by atoms with Crippen molar-refractivity contribution in [2.45, 2.75) is 30.7 Å². The largest absolute Gasteiger partial charge is 0.480 e. The van der Waals surface area contributed by atoms with Crippen LogP contribution in [0.25, 0.3) is 0 Å². The lowest BCUT2D eigenvalue weighted by atomic mass is 10.2. The Morgan fingerprint density at radius 3 is 2.63 bits per heavy atom. The zero-order valence-corrected chi connectivity index (χ0v) is 12.7. The highest BCUT2D eigenvalue weighted by atomic mass is 79.9. The molecule has 1 saturated carbocycles. The molecule has 19 heavy (non-hydrogen) atoms. The van der Waals surface area contributed by atoms with Crippen LogP contribution in [0, 0.1) is 12.8 Å². The lowest BCUT2D eigenvalue weighted by Crippen LogP contribution is -2.42. The summed E-state index contributed by atoms with van der Waals surface area (Å²) in [5.74, 6) is -1.22. The van der Waals surface area contributed by atoms with Gasteiger partial charge < -0.3 is 5.11 Å². The fourth-order valence-electron chi connectivity index (χ4n) is 1.87. The molecule has 0 aliphatic heterocycles. The Bertz CT molecular complexity index is 610. The molecule has 2 rings (SSSR count). The van der Waals surface area contributed by atoms with Crippen molar-refractivity contribution in [3.63, 3.8) is 0 Å². The number of hydrogen-bond donors (Lipinski definition) is 2. The van der Waals surface area contributed by atoms with Crippen LogP contribution in [0.15, 0.2) is 27.6 Å². The number of benzene rings is 1. The minimum Gasteiger partial charge on any atom is -0.480 e. The van der Waals surface area contributed by atoms with Crippen LogP contribution in [-0.2, 0) is 14.8 Å². The summed E-state index contributed by atoms with van der Waals surface area (Å²) >= 11 is 3.22. The molecule has 1 aromatic carbocycles. The standard InChI is InChI=1S/C12H14BrNO4S/c1-7-2-5-9(13)6-10(7)19(17,18)14-11(12(15)16)8-3-4-8/h2,5-6,8,11,14H,3-4H2,1H3,(H,15,16). The van der Waals surface area contributed by atoms with Gasteiger partial charge in [0.1, 0.15) is 6.04 Å². The first-order valence-electron chi connectivity index (χ1n) is 5.82. The second-order valence-corrected chi connectivity index (χ2v) is 7.28. The van der Waals surface area contributed by atoms with Crippen molar-refractivity contribution in [2.75, 3.05) is 0 Å². The number of sulfonamides is 1. The third-order valence-electron chi connectivity index (χ3n) is 3.08. The maximum Gasteiger partial charge on any atom is 0.322 e. The molecule has 0 amide bonds. The monoisotopic (exact) mass is 347 g/mol. The molecule has 0 heterocycles. The molecule has 1 aliphatic rings. The van der Waals surface area contributed by atoms with Crippen LogP contribution in [0.3, 0.4) is 0 Å². The topological polar surface area (TPSA) is 83.5 Å². The number of rotatable bonds is 5. The first-order chi connectivity index (χ1) is 8.81. The molecule has 0 radical (unpaired) electrons. The quantitative estimate of drug-likeness (QED) is 0.851. The summed E-state index contributed by atoms with van der Waals surface area (Å²) in [7, 11) is -3.82. The summed E-state index contributed by atoms with van der Waals surface area (Å²) in [6, 6.07) is 3.85. The maximum absolute atomic E-state index is 12.3. The Morgan fingerprint density at radius 2 is 2.11 bits per heavy atom. The van der Waals surface area contributed by atoms with E-state index in [1.54, 1.807) is 19.1 Å². The third-order valence-corrected chi connectivity index (χ3v) is 5.16. The van der Waals surface area contributed by atoms with E-state index in [9.17, 15) is 13.2 Å². The van der Waals surface area contributed by atoms with Crippen LogP contribution in [-0.4, -0.2) is 25.5 Å². The summed E-state index contributed by atoms with van der Waals surface area (Å²) in [6.07, 6.45) is 1.49. The molecule has 5 nitrogen and oxygen atoms in total. The Labute approximate surface area is 120 Å². The van der Waals surface area contributed by atoms with E-state index < -0.39 is 22.0 Å². The van der Waals surface area contributed by atoms with E-state index in [0.717, 1.165) is 12.8 Å². The second kappa shape index (κ2) is 5.22. The Balaban J connectivity index is 2.31. The number of carbonyl (C=O) groups is 1. The normalized spacial score (nSPS) is 17.2. The molecule has 1 unspecified atom stereocenters. The van der Waals surface area contributed by atoms with E-state index in [4.69, 9.17) is 5.11 Å². The Hall–Kier alpha value is -0.920. The maximum atomic E-state index is 12.3. The number of nitrogens with one attached hydrogen (secondary N) is 1. The minimum atomic E-state index is -3.82. The lowest BCUT2D eigenvalue weighted by Gasteiger charge is -2.15. The van der Waals surface area contributed by atoms with E-state index in [1.165, 1.54) is 6.07 Å². The molecule has 7 heteroatoms. The van der Waals surface area contributed by atoms with E-state index in [1.807, 2.05) is 0 Å². The molecule has 104 valence electrons. The summed E-state index contributed by atoms with van der Waals surface area (Å²) in [6.45, 7) is 1.67. The van der Waals surface area contributed by atoms with E-state index in [0.29, 0.717) is 10.0 Å². The highest BCUT2D eigenvalue weighted by Crippen LogP contribution is 2.33. The molecule has 0 saturated heterocycles. The molecule has 1 atom stereocenters. The first kappa shape index (κ1) is 14.5. The van der Waals surface area contributed by atoms with Crippen molar-refractivity contribution in [3.8, 4) is 0 Å². The molecular formula is C12H14BrNO4S. The fraction of sp³-hybridized carbons (Fsp3) is 0.417. The van der Waals surface area contributed by atoms with Crippen LogP contribution < -0.4 is 4.72 Å². The summed E-state index contributed by atoms with van der Waals surface area (Å²) in [5.41, 5.74) is 0.579. The van der Waals surface area contributed by atoms with Crippen molar-refractivity contribution in [2.24, 2.45) is 5.92 Å². The van der Waals surface area contributed by atoms with Crippen molar-refractivity contribution in [3.05, 3.63) is 28.2 Å². The minimum absolute atomic E-state index is 0.0975. The zero-order chi connectivity index (χ0) is 14.2. The fourth-order valence-corrected chi connectivity index (χ4v) is 3.91. The van der Waals surface area contributed by atoms with Gasteiger partial charge in [-0.25, -0.2) is 8.42 Å². The number of carboxylic acids is 1. The predicted octanol–water partition coefficient (Wildman–Crippen LogP) is 1.90. The van der Waals surface area contributed by atoms with Crippen molar-refractivity contribution in [1.29, 1.82) is 0 Å². The predicted molar refractivity (Wildman–Crippen MR) is 73.3 cm³/mol. The molecular weight excluding hydrogens is 334 g/mol. The van der Waals surface area contributed by atoms with Crippen LogP contribution in [0.1, 0.15) is 18.4 Å². The zero-order valence-electron chi connectivity index (χ0n) is 10.3. The molecule has 1 aliphatic carbocycles. The highest BCUT2D eigenvalue weighted by molar-refractivity contribution is 9.10. The van der Waals surface area contributed by atoms with Crippen molar-refractivity contribution in [1.82, 2.24) is 4.72 Å². The second-order valence-electron chi connectivity index (χ2n) is 4.68. The molecule has 0 spiro atoms. The van der Waals surface area contributed by atoms with Gasteiger partial charge in [-0.05, 0) is 43.4 Å². The van der Waals surface area contributed by atoms with Gasteiger partial charge in [0.05, 0.1) is 4.90 Å². The summed E-state index contributed by atoms with van der Waals surface area (Å²) in [5, 5.41) is 9.08. The van der Waals surface area contributed by atoms with Gasteiger partial charge in [0, 0.05) is 4.47 Å². The van der Waals surface area contributed by atoms with Crippen LogP contribution in [0.5, 0.6) is 0 Å². The van der Waals surface area contributed by atoms with Gasteiger partial charge in [-0.2, -0.15) is 4.72 Å². The van der Waals surface area contributed by atoms with E-state index in [2.05, 4.69) is 20.7 Å². The summed E-state index contributed by atoms with van der Waals surface area (Å²) < 4.78 is 27.4.